The molecule has 1 aromatic rings. The minimum absolute atomic E-state index is 0.0909. The van der Waals surface area contributed by atoms with Crippen LogP contribution in [0.4, 0.5) is 5.13 Å². The first-order chi connectivity index (χ1) is 10.2. The number of carbonyl (C=O) groups excluding carboxylic acids is 1. The molecule has 1 fully saturated rings. The topological polar surface area (TPSA) is 54.0 Å². The molecule has 1 aliphatic heterocycles. The molecule has 0 radical (unpaired) electrons. The Morgan fingerprint density at radius 2 is 2.43 bits per heavy atom. The highest BCUT2D eigenvalue weighted by Crippen LogP contribution is 2.33. The fraction of sp³-hybridized carbons (Fsp3) is 0.733. The van der Waals surface area contributed by atoms with Gasteiger partial charge < -0.3 is 10.6 Å². The third-order valence-electron chi connectivity index (χ3n) is 4.30. The van der Waals surface area contributed by atoms with Gasteiger partial charge in [-0.1, -0.05) is 13.3 Å². The van der Waals surface area contributed by atoms with Crippen molar-refractivity contribution in [3.8, 4) is 0 Å². The molecular weight excluding hydrogens is 302 g/mol. The summed E-state index contributed by atoms with van der Waals surface area (Å²) in [5, 5.41) is 7.19. The van der Waals surface area contributed by atoms with Crippen LogP contribution in [-0.2, 0) is 17.6 Å². The first-order valence-corrected chi connectivity index (χ1v) is 9.81. The van der Waals surface area contributed by atoms with Crippen molar-refractivity contribution in [3.63, 3.8) is 0 Å². The molecular formula is C15H23N3OS2. The summed E-state index contributed by atoms with van der Waals surface area (Å²) in [5.41, 5.74) is 1.21. The zero-order valence-corrected chi connectivity index (χ0v) is 14.1. The number of nitrogens with zero attached hydrogens (tertiary/aromatic N) is 1. The van der Waals surface area contributed by atoms with Crippen molar-refractivity contribution < 1.29 is 4.79 Å². The van der Waals surface area contributed by atoms with E-state index in [0.29, 0.717) is 12.5 Å². The number of thiazole rings is 1. The summed E-state index contributed by atoms with van der Waals surface area (Å²) < 4.78 is 0. The summed E-state index contributed by atoms with van der Waals surface area (Å²) in [6.45, 7) is 3.27. The van der Waals surface area contributed by atoms with Gasteiger partial charge in [0.2, 0.25) is 5.91 Å². The molecule has 21 heavy (non-hydrogen) atoms. The van der Waals surface area contributed by atoms with Crippen LogP contribution in [0.2, 0.25) is 0 Å². The van der Waals surface area contributed by atoms with Gasteiger partial charge in [0.25, 0.3) is 0 Å². The third kappa shape index (κ3) is 3.99. The Kier molecular flexibility index (Phi) is 5.19. The monoisotopic (exact) mass is 325 g/mol. The number of hydrogen-bond acceptors (Lipinski definition) is 5. The lowest BCUT2D eigenvalue weighted by Gasteiger charge is -2.22. The third-order valence-corrected chi connectivity index (χ3v) is 6.46. The largest absolute Gasteiger partial charge is 0.312 e. The number of aromatic nitrogens is 1. The average molecular weight is 326 g/mol. The van der Waals surface area contributed by atoms with E-state index in [0.717, 1.165) is 41.9 Å². The van der Waals surface area contributed by atoms with Gasteiger partial charge in [-0.15, -0.1) is 11.3 Å². The molecule has 1 amide bonds. The van der Waals surface area contributed by atoms with E-state index in [-0.39, 0.29) is 5.91 Å². The molecule has 2 N–H and O–H groups in total. The van der Waals surface area contributed by atoms with Gasteiger partial charge in [-0.25, -0.2) is 4.98 Å². The van der Waals surface area contributed by atoms with Crippen LogP contribution in [0.3, 0.4) is 0 Å². The van der Waals surface area contributed by atoms with Gasteiger partial charge >= 0.3 is 0 Å². The van der Waals surface area contributed by atoms with Gasteiger partial charge in [0.1, 0.15) is 0 Å². The number of amides is 1. The number of aryl methyl sites for hydroxylation is 1. The van der Waals surface area contributed by atoms with Crippen molar-refractivity contribution in [1.29, 1.82) is 0 Å². The van der Waals surface area contributed by atoms with Gasteiger partial charge in [-0.05, 0) is 25.2 Å². The molecule has 1 saturated heterocycles. The van der Waals surface area contributed by atoms with Crippen LogP contribution in [-0.4, -0.2) is 35.0 Å². The van der Waals surface area contributed by atoms with Crippen molar-refractivity contribution in [3.05, 3.63) is 10.6 Å². The second kappa shape index (κ2) is 7.11. The molecule has 3 rings (SSSR count). The van der Waals surface area contributed by atoms with Crippen LogP contribution in [0.25, 0.3) is 0 Å². The molecule has 2 aliphatic rings. The zero-order chi connectivity index (χ0) is 14.7. The Balaban J connectivity index is 1.55. The minimum atomic E-state index is 0.0909. The van der Waals surface area contributed by atoms with Crippen LogP contribution in [0, 0.1) is 5.92 Å². The summed E-state index contributed by atoms with van der Waals surface area (Å²) in [4.78, 5) is 18.1. The molecule has 4 nitrogen and oxygen atoms in total. The standard InChI is InChI=1S/C15H23N3OS2/c1-2-10-3-4-12-13(7-10)21-15(17-12)18-14(19)8-11-9-20-6-5-16-11/h10-11,16H,2-9H2,1H3,(H,17,18,19). The molecule has 0 spiro atoms. The maximum Gasteiger partial charge on any atom is 0.227 e. The number of hydrogen-bond donors (Lipinski definition) is 2. The minimum Gasteiger partial charge on any atom is -0.312 e. The van der Waals surface area contributed by atoms with Gasteiger partial charge in [0, 0.05) is 35.4 Å². The maximum absolute atomic E-state index is 12.1. The van der Waals surface area contributed by atoms with E-state index in [1.807, 2.05) is 11.8 Å². The van der Waals surface area contributed by atoms with Gasteiger partial charge in [0.05, 0.1) is 5.69 Å². The number of thioether (sulfide) groups is 1. The van der Waals surface area contributed by atoms with Crippen molar-refractivity contribution in [2.75, 3.05) is 23.4 Å². The summed E-state index contributed by atoms with van der Waals surface area (Å²) in [7, 11) is 0. The van der Waals surface area contributed by atoms with E-state index in [4.69, 9.17) is 0 Å². The Labute approximate surface area is 134 Å². The van der Waals surface area contributed by atoms with Gasteiger partial charge in [-0.2, -0.15) is 11.8 Å². The van der Waals surface area contributed by atoms with Crippen molar-refractivity contribution in [2.45, 2.75) is 45.1 Å². The number of fused-ring (bicyclic) bond motifs is 1. The van der Waals surface area contributed by atoms with E-state index < -0.39 is 0 Å². The molecule has 2 atom stereocenters. The predicted molar refractivity (Wildman–Crippen MR) is 90.3 cm³/mol. The lowest BCUT2D eigenvalue weighted by molar-refractivity contribution is -0.116. The number of carbonyl (C=O) groups is 1. The first-order valence-electron chi connectivity index (χ1n) is 7.84. The molecule has 0 aromatic carbocycles. The molecule has 2 heterocycles. The molecule has 0 bridgehead atoms. The summed E-state index contributed by atoms with van der Waals surface area (Å²) in [6, 6.07) is 0.308. The van der Waals surface area contributed by atoms with E-state index in [1.54, 1.807) is 11.3 Å². The van der Waals surface area contributed by atoms with E-state index in [1.165, 1.54) is 23.4 Å². The number of nitrogens with one attached hydrogen (secondary N) is 2. The highest BCUT2D eigenvalue weighted by molar-refractivity contribution is 7.99. The van der Waals surface area contributed by atoms with E-state index in [2.05, 4.69) is 22.5 Å². The van der Waals surface area contributed by atoms with Crippen LogP contribution in [0.5, 0.6) is 0 Å². The molecule has 1 aromatic heterocycles. The van der Waals surface area contributed by atoms with Crippen LogP contribution >= 0.6 is 23.1 Å². The van der Waals surface area contributed by atoms with Gasteiger partial charge in [0.15, 0.2) is 5.13 Å². The second-order valence-electron chi connectivity index (χ2n) is 5.88. The molecule has 2 unspecified atom stereocenters. The Hall–Kier alpha value is -0.590. The predicted octanol–water partition coefficient (Wildman–Crippen LogP) is 2.69. The summed E-state index contributed by atoms with van der Waals surface area (Å²) in [6.07, 6.45) is 5.24. The molecule has 116 valence electrons. The smallest absolute Gasteiger partial charge is 0.227 e. The zero-order valence-electron chi connectivity index (χ0n) is 12.5. The average Bonchev–Trinajstić information content (AvgIpc) is 2.89. The molecule has 0 saturated carbocycles. The normalized spacial score (nSPS) is 25.4. The Morgan fingerprint density at radius 1 is 1.52 bits per heavy atom. The lowest BCUT2D eigenvalue weighted by Crippen LogP contribution is -2.39. The summed E-state index contributed by atoms with van der Waals surface area (Å²) in [5.74, 6) is 3.06. The van der Waals surface area contributed by atoms with Crippen molar-refractivity contribution in [2.24, 2.45) is 5.92 Å². The van der Waals surface area contributed by atoms with Gasteiger partial charge in [-0.3, -0.25) is 4.79 Å². The maximum atomic E-state index is 12.1. The lowest BCUT2D eigenvalue weighted by atomic mass is 9.89. The van der Waals surface area contributed by atoms with Crippen molar-refractivity contribution in [1.82, 2.24) is 10.3 Å². The second-order valence-corrected chi connectivity index (χ2v) is 8.12. The Morgan fingerprint density at radius 3 is 3.19 bits per heavy atom. The molecule has 6 heteroatoms. The fourth-order valence-corrected chi connectivity index (χ4v) is 5.08. The fourth-order valence-electron chi connectivity index (χ4n) is 2.99. The van der Waals surface area contributed by atoms with Crippen molar-refractivity contribution >= 4 is 34.1 Å². The molecule has 1 aliphatic carbocycles. The highest BCUT2D eigenvalue weighted by atomic mass is 32.2. The van der Waals surface area contributed by atoms with Crippen LogP contribution in [0.15, 0.2) is 0 Å². The van der Waals surface area contributed by atoms with E-state index >= 15 is 0 Å². The van der Waals surface area contributed by atoms with E-state index in [9.17, 15) is 4.79 Å². The van der Waals surface area contributed by atoms with Crippen LogP contribution in [0.1, 0.15) is 36.8 Å². The quantitative estimate of drug-likeness (QED) is 0.894. The number of rotatable bonds is 4. The SMILES string of the molecule is CCC1CCc2nc(NC(=O)CC3CSCCN3)sc2C1. The highest BCUT2D eigenvalue weighted by Gasteiger charge is 2.23. The number of anilines is 1. The van der Waals surface area contributed by atoms with Crippen LogP contribution < -0.4 is 10.6 Å². The summed E-state index contributed by atoms with van der Waals surface area (Å²) >= 11 is 3.60. The first kappa shape index (κ1) is 15.3. The Bertz CT molecular complexity index is 497.